The van der Waals surface area contributed by atoms with Gasteiger partial charge in [-0.15, -0.1) is 0 Å². The summed E-state index contributed by atoms with van der Waals surface area (Å²) in [6.45, 7) is 2.39. The van der Waals surface area contributed by atoms with E-state index in [0.717, 1.165) is 23.8 Å². The molecule has 0 radical (unpaired) electrons. The van der Waals surface area contributed by atoms with Gasteiger partial charge in [-0.2, -0.15) is 24.5 Å². The van der Waals surface area contributed by atoms with Crippen molar-refractivity contribution in [2.24, 2.45) is 0 Å². The summed E-state index contributed by atoms with van der Waals surface area (Å²) in [6.07, 6.45) is -4.02. The summed E-state index contributed by atoms with van der Waals surface area (Å²) in [5.74, 6) is -0.621. The molecule has 0 aliphatic carbocycles. The minimum absolute atomic E-state index is 0.0536. The van der Waals surface area contributed by atoms with Gasteiger partial charge in [-0.3, -0.25) is 0 Å². The number of benzene rings is 1. The summed E-state index contributed by atoms with van der Waals surface area (Å²) >= 11 is 1.50. The van der Waals surface area contributed by atoms with E-state index >= 15 is 0 Å². The number of hydrogen-bond acceptors (Lipinski definition) is 2. The fraction of sp³-hybridized carbons (Fsp3) is 0.333. The second-order valence-corrected chi connectivity index (χ2v) is 5.46. The third kappa shape index (κ3) is 4.04. The fourth-order valence-electron chi connectivity index (χ4n) is 2.17. The Hall–Kier alpha value is -1.40. The average molecular weight is 317 g/mol. The van der Waals surface area contributed by atoms with Gasteiger partial charge in [-0.05, 0) is 53.6 Å². The Balaban J connectivity index is 2.34. The van der Waals surface area contributed by atoms with Gasteiger partial charge < -0.3 is 5.32 Å². The molecular weight excluding hydrogens is 302 g/mol. The molecule has 1 aromatic carbocycles. The highest BCUT2D eigenvalue weighted by atomic mass is 32.1. The van der Waals surface area contributed by atoms with Crippen molar-refractivity contribution in [2.75, 3.05) is 6.54 Å². The maximum Gasteiger partial charge on any atom is 0.416 e. The van der Waals surface area contributed by atoms with Crippen LogP contribution in [0.25, 0.3) is 0 Å². The van der Waals surface area contributed by atoms with Gasteiger partial charge in [-0.25, -0.2) is 4.39 Å². The van der Waals surface area contributed by atoms with Crippen LogP contribution in [0.5, 0.6) is 0 Å². The molecule has 1 heterocycles. The molecule has 0 fully saturated rings. The van der Waals surface area contributed by atoms with Gasteiger partial charge >= 0.3 is 6.18 Å². The maximum absolute atomic E-state index is 14.0. The Morgan fingerprint density at radius 2 is 2.00 bits per heavy atom. The molecule has 0 bridgehead atoms. The van der Waals surface area contributed by atoms with Gasteiger partial charge in [0.05, 0.1) is 5.56 Å². The largest absolute Gasteiger partial charge is 0.416 e. The van der Waals surface area contributed by atoms with Gasteiger partial charge in [0, 0.05) is 11.6 Å². The molecular formula is C15H15F4NS. The van der Waals surface area contributed by atoms with Crippen molar-refractivity contribution in [3.05, 3.63) is 57.5 Å². The number of likely N-dealkylation sites (N-methyl/N-ethyl adjacent to an activating group) is 1. The first-order valence-electron chi connectivity index (χ1n) is 6.53. The molecule has 114 valence electrons. The summed E-state index contributed by atoms with van der Waals surface area (Å²) in [7, 11) is 0. The van der Waals surface area contributed by atoms with Crippen molar-refractivity contribution < 1.29 is 17.6 Å². The highest BCUT2D eigenvalue weighted by Gasteiger charge is 2.32. The summed E-state index contributed by atoms with van der Waals surface area (Å²) < 4.78 is 52.3. The van der Waals surface area contributed by atoms with Crippen LogP contribution in [0.3, 0.4) is 0 Å². The topological polar surface area (TPSA) is 12.0 Å². The number of nitrogens with one attached hydrogen (secondary N) is 1. The van der Waals surface area contributed by atoms with Crippen LogP contribution in [-0.2, 0) is 12.6 Å². The molecule has 1 unspecified atom stereocenters. The number of alkyl halides is 3. The lowest BCUT2D eigenvalue weighted by atomic mass is 9.98. The van der Waals surface area contributed by atoms with Crippen LogP contribution in [-0.4, -0.2) is 6.54 Å². The minimum Gasteiger partial charge on any atom is -0.310 e. The summed E-state index contributed by atoms with van der Waals surface area (Å²) in [5.41, 5.74) is 0.202. The number of hydrogen-bond donors (Lipinski definition) is 1. The van der Waals surface area contributed by atoms with E-state index in [1.807, 2.05) is 23.8 Å². The third-order valence-corrected chi connectivity index (χ3v) is 3.90. The molecule has 1 N–H and O–H groups in total. The van der Waals surface area contributed by atoms with E-state index in [-0.39, 0.29) is 5.56 Å². The van der Waals surface area contributed by atoms with E-state index in [9.17, 15) is 17.6 Å². The molecule has 2 rings (SSSR count). The van der Waals surface area contributed by atoms with Crippen LogP contribution in [0.2, 0.25) is 0 Å². The molecule has 1 nitrogen and oxygen atoms in total. The summed E-state index contributed by atoms with van der Waals surface area (Å²) in [5, 5.41) is 6.86. The van der Waals surface area contributed by atoms with Crippen LogP contribution in [0.4, 0.5) is 17.6 Å². The van der Waals surface area contributed by atoms with E-state index < -0.39 is 23.6 Å². The zero-order valence-corrected chi connectivity index (χ0v) is 12.2. The molecule has 0 amide bonds. The van der Waals surface area contributed by atoms with Crippen molar-refractivity contribution >= 4 is 11.3 Å². The molecule has 0 aliphatic heterocycles. The van der Waals surface area contributed by atoms with E-state index in [1.54, 1.807) is 0 Å². The highest BCUT2D eigenvalue weighted by molar-refractivity contribution is 7.07. The van der Waals surface area contributed by atoms with Crippen LogP contribution in [0, 0.1) is 5.82 Å². The first-order valence-corrected chi connectivity index (χ1v) is 7.47. The van der Waals surface area contributed by atoms with E-state index in [0.29, 0.717) is 13.0 Å². The summed E-state index contributed by atoms with van der Waals surface area (Å²) in [6, 6.07) is 3.96. The van der Waals surface area contributed by atoms with Crippen molar-refractivity contribution in [1.82, 2.24) is 5.32 Å². The minimum atomic E-state index is -4.47. The quantitative estimate of drug-likeness (QED) is 0.781. The van der Waals surface area contributed by atoms with Crippen molar-refractivity contribution in [3.63, 3.8) is 0 Å². The van der Waals surface area contributed by atoms with Crippen molar-refractivity contribution in [2.45, 2.75) is 25.6 Å². The van der Waals surface area contributed by atoms with Crippen molar-refractivity contribution in [1.29, 1.82) is 0 Å². The highest BCUT2D eigenvalue weighted by Crippen LogP contribution is 2.32. The molecule has 0 saturated heterocycles. The van der Waals surface area contributed by atoms with E-state index in [2.05, 4.69) is 5.32 Å². The van der Waals surface area contributed by atoms with Gasteiger partial charge in [-0.1, -0.05) is 6.92 Å². The Labute approximate surface area is 124 Å². The first kappa shape index (κ1) is 16.0. The van der Waals surface area contributed by atoms with Crippen LogP contribution >= 0.6 is 11.3 Å². The van der Waals surface area contributed by atoms with E-state index in [4.69, 9.17) is 0 Å². The molecule has 1 atom stereocenters. The smallest absolute Gasteiger partial charge is 0.310 e. The van der Waals surface area contributed by atoms with Gasteiger partial charge in [0.2, 0.25) is 0 Å². The van der Waals surface area contributed by atoms with E-state index in [1.165, 1.54) is 11.3 Å². The lowest BCUT2D eigenvalue weighted by Crippen LogP contribution is -2.24. The summed E-state index contributed by atoms with van der Waals surface area (Å²) in [4.78, 5) is 0. The Kier molecular flexibility index (Phi) is 5.00. The molecule has 0 saturated carbocycles. The number of thiophene rings is 1. The number of rotatable bonds is 5. The molecule has 0 spiro atoms. The van der Waals surface area contributed by atoms with Crippen LogP contribution in [0.15, 0.2) is 35.0 Å². The Morgan fingerprint density at radius 3 is 2.57 bits per heavy atom. The molecule has 21 heavy (non-hydrogen) atoms. The zero-order chi connectivity index (χ0) is 15.5. The second-order valence-electron chi connectivity index (χ2n) is 4.68. The third-order valence-electron chi connectivity index (χ3n) is 3.17. The fourth-order valence-corrected chi connectivity index (χ4v) is 2.85. The van der Waals surface area contributed by atoms with Gasteiger partial charge in [0.1, 0.15) is 5.82 Å². The average Bonchev–Trinajstić information content (AvgIpc) is 2.90. The Morgan fingerprint density at radius 1 is 1.24 bits per heavy atom. The van der Waals surface area contributed by atoms with Crippen molar-refractivity contribution in [3.8, 4) is 0 Å². The zero-order valence-electron chi connectivity index (χ0n) is 11.4. The molecule has 2 aromatic rings. The van der Waals surface area contributed by atoms with Gasteiger partial charge in [0.25, 0.3) is 0 Å². The molecule has 6 heteroatoms. The predicted molar refractivity (Wildman–Crippen MR) is 75.8 cm³/mol. The maximum atomic E-state index is 14.0. The second kappa shape index (κ2) is 6.58. The standard InChI is InChI=1S/C15H15F4NS/c1-2-20-14(7-10-5-6-21-9-10)12-8-11(15(17,18)19)3-4-13(12)16/h3-6,8-9,14,20H,2,7H2,1H3. The number of halogens is 4. The van der Waals surface area contributed by atoms with Gasteiger partial charge in [0.15, 0.2) is 0 Å². The molecule has 1 aromatic heterocycles. The van der Waals surface area contributed by atoms with Crippen LogP contribution in [0.1, 0.15) is 29.7 Å². The predicted octanol–water partition coefficient (Wildman–Crippen LogP) is 4.80. The molecule has 0 aliphatic rings. The SMILES string of the molecule is CCNC(Cc1ccsc1)c1cc(C(F)(F)F)ccc1F. The normalized spacial score (nSPS) is 13.4. The van der Waals surface area contributed by atoms with Crippen LogP contribution < -0.4 is 5.32 Å². The lowest BCUT2D eigenvalue weighted by Gasteiger charge is -2.20. The Bertz CT molecular complexity index is 578. The lowest BCUT2D eigenvalue weighted by molar-refractivity contribution is -0.137. The monoisotopic (exact) mass is 317 g/mol. The first-order chi connectivity index (χ1) is 9.91.